The fourth-order valence-corrected chi connectivity index (χ4v) is 2.36. The molecule has 0 aliphatic carbocycles. The summed E-state index contributed by atoms with van der Waals surface area (Å²) in [6, 6.07) is 10.4. The Bertz CT molecular complexity index is 542. The molecule has 1 aromatic carbocycles. The second kappa shape index (κ2) is 7.28. The van der Waals surface area contributed by atoms with Gasteiger partial charge in [-0.15, -0.1) is 11.3 Å². The first-order chi connectivity index (χ1) is 9.65. The molecule has 0 spiro atoms. The van der Waals surface area contributed by atoms with Gasteiger partial charge in [-0.05, 0) is 35.7 Å². The van der Waals surface area contributed by atoms with Crippen molar-refractivity contribution in [2.24, 2.45) is 0 Å². The number of aliphatic hydroxyl groups excluding tert-OH is 1. The molecule has 1 aromatic heterocycles. The maximum Gasteiger partial charge on any atom is 0.258 e. The average molecular weight is 312 g/mol. The van der Waals surface area contributed by atoms with E-state index < -0.39 is 6.10 Å². The standard InChI is InChI=1S/C14H14ClNO3S/c15-10-3-5-11(6-4-10)19-9-14(18)16-8-12(17)13-2-1-7-20-13/h1-7,12,17H,8-9H2,(H,16,18). The lowest BCUT2D eigenvalue weighted by Gasteiger charge is -2.11. The van der Waals surface area contributed by atoms with Crippen LogP contribution in [0.4, 0.5) is 0 Å². The van der Waals surface area contributed by atoms with Gasteiger partial charge in [0.1, 0.15) is 11.9 Å². The number of benzene rings is 1. The Labute approximate surface area is 126 Å². The van der Waals surface area contributed by atoms with Crippen LogP contribution >= 0.6 is 22.9 Å². The summed E-state index contributed by atoms with van der Waals surface area (Å²) < 4.78 is 5.30. The van der Waals surface area contributed by atoms with Gasteiger partial charge >= 0.3 is 0 Å². The summed E-state index contributed by atoms with van der Waals surface area (Å²) in [7, 11) is 0. The molecule has 1 atom stereocenters. The van der Waals surface area contributed by atoms with Crippen LogP contribution in [0.15, 0.2) is 41.8 Å². The van der Waals surface area contributed by atoms with E-state index in [0.717, 1.165) is 4.88 Å². The van der Waals surface area contributed by atoms with E-state index in [1.165, 1.54) is 11.3 Å². The van der Waals surface area contributed by atoms with E-state index in [9.17, 15) is 9.90 Å². The molecule has 1 heterocycles. The van der Waals surface area contributed by atoms with Crippen molar-refractivity contribution in [3.63, 3.8) is 0 Å². The maximum atomic E-state index is 11.6. The molecule has 0 radical (unpaired) electrons. The molecule has 20 heavy (non-hydrogen) atoms. The smallest absolute Gasteiger partial charge is 0.258 e. The molecule has 0 bridgehead atoms. The third-order valence-corrected chi connectivity index (χ3v) is 3.77. The van der Waals surface area contributed by atoms with Crippen molar-refractivity contribution in [2.75, 3.05) is 13.2 Å². The lowest BCUT2D eigenvalue weighted by Crippen LogP contribution is -2.32. The summed E-state index contributed by atoms with van der Waals surface area (Å²) in [6.07, 6.45) is -0.686. The Morgan fingerprint density at radius 1 is 1.35 bits per heavy atom. The zero-order chi connectivity index (χ0) is 14.4. The van der Waals surface area contributed by atoms with Gasteiger partial charge in [-0.25, -0.2) is 0 Å². The molecule has 106 valence electrons. The highest BCUT2D eigenvalue weighted by atomic mass is 35.5. The quantitative estimate of drug-likeness (QED) is 0.862. The monoisotopic (exact) mass is 311 g/mol. The minimum atomic E-state index is -0.686. The Kier molecular flexibility index (Phi) is 5.40. The number of carbonyl (C=O) groups is 1. The summed E-state index contributed by atoms with van der Waals surface area (Å²) in [5.74, 6) is 0.291. The SMILES string of the molecule is O=C(COc1ccc(Cl)cc1)NCC(O)c1cccs1. The van der Waals surface area contributed by atoms with Gasteiger partial charge in [-0.2, -0.15) is 0 Å². The summed E-state index contributed by atoms with van der Waals surface area (Å²) >= 11 is 7.20. The topological polar surface area (TPSA) is 58.6 Å². The highest BCUT2D eigenvalue weighted by molar-refractivity contribution is 7.10. The summed E-state index contributed by atoms with van der Waals surface area (Å²) in [6.45, 7) is 0.0715. The van der Waals surface area contributed by atoms with E-state index in [-0.39, 0.29) is 19.1 Å². The molecule has 4 nitrogen and oxygen atoms in total. The minimum absolute atomic E-state index is 0.0984. The van der Waals surface area contributed by atoms with E-state index in [2.05, 4.69) is 5.32 Å². The number of carbonyl (C=O) groups excluding carboxylic acids is 1. The van der Waals surface area contributed by atoms with Gasteiger partial charge in [0.25, 0.3) is 5.91 Å². The number of hydrogen-bond donors (Lipinski definition) is 2. The third kappa shape index (κ3) is 4.52. The van der Waals surface area contributed by atoms with Gasteiger partial charge in [-0.1, -0.05) is 17.7 Å². The van der Waals surface area contributed by atoms with Gasteiger partial charge < -0.3 is 15.2 Å². The van der Waals surface area contributed by atoms with Gasteiger partial charge in [0, 0.05) is 16.4 Å². The maximum absolute atomic E-state index is 11.6. The Morgan fingerprint density at radius 2 is 2.10 bits per heavy atom. The lowest BCUT2D eigenvalue weighted by molar-refractivity contribution is -0.123. The first kappa shape index (κ1) is 14.8. The van der Waals surface area contributed by atoms with Crippen LogP contribution < -0.4 is 10.1 Å². The molecule has 0 fully saturated rings. The number of rotatable bonds is 6. The predicted octanol–water partition coefficient (Wildman–Crippen LogP) is 2.63. The molecule has 2 N–H and O–H groups in total. The number of nitrogens with one attached hydrogen (secondary N) is 1. The second-order valence-corrected chi connectivity index (χ2v) is 5.49. The van der Waals surface area contributed by atoms with Crippen LogP contribution in [0.1, 0.15) is 11.0 Å². The second-order valence-electron chi connectivity index (χ2n) is 4.08. The fourth-order valence-electron chi connectivity index (χ4n) is 1.52. The molecule has 1 unspecified atom stereocenters. The molecular formula is C14H14ClNO3S. The van der Waals surface area contributed by atoms with Gasteiger partial charge in [0.15, 0.2) is 6.61 Å². The Morgan fingerprint density at radius 3 is 2.75 bits per heavy atom. The van der Waals surface area contributed by atoms with Crippen LogP contribution in [-0.4, -0.2) is 24.2 Å². The molecule has 0 saturated heterocycles. The Hall–Kier alpha value is -1.56. The minimum Gasteiger partial charge on any atom is -0.484 e. The van der Waals surface area contributed by atoms with Crippen molar-refractivity contribution >= 4 is 28.8 Å². The van der Waals surface area contributed by atoms with E-state index in [0.29, 0.717) is 10.8 Å². The fraction of sp³-hybridized carbons (Fsp3) is 0.214. The van der Waals surface area contributed by atoms with E-state index in [4.69, 9.17) is 16.3 Å². The van der Waals surface area contributed by atoms with Crippen molar-refractivity contribution < 1.29 is 14.6 Å². The Balaban J connectivity index is 1.71. The van der Waals surface area contributed by atoms with Crippen molar-refractivity contribution in [3.8, 4) is 5.75 Å². The van der Waals surface area contributed by atoms with Crippen LogP contribution in [0.2, 0.25) is 5.02 Å². The molecule has 1 amide bonds. The van der Waals surface area contributed by atoms with Crippen LogP contribution in [0.25, 0.3) is 0 Å². The molecule has 0 saturated carbocycles. The number of amides is 1. The van der Waals surface area contributed by atoms with E-state index in [1.54, 1.807) is 24.3 Å². The van der Waals surface area contributed by atoms with Crippen molar-refractivity contribution in [3.05, 3.63) is 51.7 Å². The molecule has 0 aliphatic heterocycles. The lowest BCUT2D eigenvalue weighted by atomic mass is 10.3. The summed E-state index contributed by atoms with van der Waals surface area (Å²) in [5, 5.41) is 14.9. The number of hydrogen-bond acceptors (Lipinski definition) is 4. The number of aliphatic hydroxyl groups is 1. The van der Waals surface area contributed by atoms with Crippen LogP contribution in [0.5, 0.6) is 5.75 Å². The van der Waals surface area contributed by atoms with Crippen LogP contribution in [0.3, 0.4) is 0 Å². The third-order valence-electron chi connectivity index (χ3n) is 2.55. The molecule has 2 rings (SSSR count). The van der Waals surface area contributed by atoms with E-state index >= 15 is 0 Å². The molecule has 0 aliphatic rings. The number of ether oxygens (including phenoxy) is 1. The van der Waals surface area contributed by atoms with Gasteiger partial charge in [0.05, 0.1) is 0 Å². The van der Waals surface area contributed by atoms with Gasteiger partial charge in [-0.3, -0.25) is 4.79 Å². The zero-order valence-corrected chi connectivity index (χ0v) is 12.2. The highest BCUT2D eigenvalue weighted by Gasteiger charge is 2.10. The summed E-state index contributed by atoms with van der Waals surface area (Å²) in [4.78, 5) is 12.4. The predicted molar refractivity (Wildman–Crippen MR) is 79.2 cm³/mol. The van der Waals surface area contributed by atoms with E-state index in [1.807, 2.05) is 17.5 Å². The van der Waals surface area contributed by atoms with Crippen LogP contribution in [-0.2, 0) is 4.79 Å². The van der Waals surface area contributed by atoms with Crippen molar-refractivity contribution in [2.45, 2.75) is 6.10 Å². The first-order valence-electron chi connectivity index (χ1n) is 6.01. The zero-order valence-electron chi connectivity index (χ0n) is 10.6. The molecule has 2 aromatic rings. The number of thiophene rings is 1. The van der Waals surface area contributed by atoms with Crippen molar-refractivity contribution in [1.82, 2.24) is 5.32 Å². The highest BCUT2D eigenvalue weighted by Crippen LogP contribution is 2.18. The van der Waals surface area contributed by atoms with Crippen molar-refractivity contribution in [1.29, 1.82) is 0 Å². The average Bonchev–Trinajstić information content (AvgIpc) is 2.98. The largest absolute Gasteiger partial charge is 0.484 e. The van der Waals surface area contributed by atoms with Crippen LogP contribution in [0, 0.1) is 0 Å². The summed E-state index contributed by atoms with van der Waals surface area (Å²) in [5.41, 5.74) is 0. The first-order valence-corrected chi connectivity index (χ1v) is 7.27. The number of halogens is 1. The normalized spacial score (nSPS) is 11.9. The molecule has 6 heteroatoms. The van der Waals surface area contributed by atoms with Gasteiger partial charge in [0.2, 0.25) is 0 Å². The molecular weight excluding hydrogens is 298 g/mol.